The molecular formula is C17H12N2O2. The Bertz CT molecular complexity index is 873. The van der Waals surface area contributed by atoms with Crippen LogP contribution in [0.3, 0.4) is 0 Å². The van der Waals surface area contributed by atoms with Gasteiger partial charge in [0.05, 0.1) is 11.2 Å². The number of fused-ring (bicyclic) bond motifs is 2. The van der Waals surface area contributed by atoms with Crippen LogP contribution in [0.15, 0.2) is 48.5 Å². The number of ketones is 2. The van der Waals surface area contributed by atoms with Crippen molar-refractivity contribution in [3.8, 4) is 0 Å². The van der Waals surface area contributed by atoms with E-state index in [1.807, 2.05) is 31.3 Å². The fourth-order valence-corrected chi connectivity index (χ4v) is 3.05. The van der Waals surface area contributed by atoms with E-state index >= 15 is 0 Å². The van der Waals surface area contributed by atoms with Gasteiger partial charge in [-0.2, -0.15) is 5.10 Å². The van der Waals surface area contributed by atoms with Gasteiger partial charge in [0.15, 0.2) is 11.6 Å². The molecule has 3 aromatic rings. The number of hydrogen-bond acceptors (Lipinski definition) is 3. The monoisotopic (exact) mass is 276 g/mol. The third kappa shape index (κ3) is 1.53. The molecule has 0 atom stereocenters. The molecule has 4 nitrogen and oxygen atoms in total. The predicted molar refractivity (Wildman–Crippen MR) is 78.6 cm³/mol. The van der Waals surface area contributed by atoms with Crippen molar-refractivity contribution in [3.63, 3.8) is 0 Å². The molecule has 1 aromatic heterocycles. The molecule has 2 aromatic carbocycles. The lowest BCUT2D eigenvalue weighted by Crippen LogP contribution is -2.14. The standard InChI is InChI=1S/C17H12N2O2/c1-19-13-9-5-4-8-12(13)15(18-19)14-16(20)10-6-2-3-7-11(10)17(14)21/h2-9,14H,1H3. The summed E-state index contributed by atoms with van der Waals surface area (Å²) in [5.74, 6) is -1.12. The van der Waals surface area contributed by atoms with Gasteiger partial charge in [0.1, 0.15) is 5.92 Å². The molecule has 0 spiro atoms. The molecule has 4 heteroatoms. The number of hydrogen-bond donors (Lipinski definition) is 0. The van der Waals surface area contributed by atoms with Crippen molar-refractivity contribution in [2.75, 3.05) is 0 Å². The minimum Gasteiger partial charge on any atom is -0.293 e. The summed E-state index contributed by atoms with van der Waals surface area (Å²) >= 11 is 0. The van der Waals surface area contributed by atoms with E-state index in [9.17, 15) is 9.59 Å². The van der Waals surface area contributed by atoms with E-state index in [4.69, 9.17) is 0 Å². The Labute approximate surface area is 121 Å². The Kier molecular flexibility index (Phi) is 2.36. The smallest absolute Gasteiger partial charge is 0.180 e. The number of aryl methyl sites for hydroxylation is 1. The minimum absolute atomic E-state index is 0.153. The highest BCUT2D eigenvalue weighted by atomic mass is 16.2. The Balaban J connectivity index is 1.95. The van der Waals surface area contributed by atoms with Gasteiger partial charge in [-0.05, 0) is 6.07 Å². The first-order valence-corrected chi connectivity index (χ1v) is 6.77. The average Bonchev–Trinajstić information content (AvgIpc) is 2.96. The van der Waals surface area contributed by atoms with Crippen LogP contribution in [0.4, 0.5) is 0 Å². The molecule has 0 radical (unpaired) electrons. The largest absolute Gasteiger partial charge is 0.293 e. The third-order valence-electron chi connectivity index (χ3n) is 4.04. The number of nitrogens with zero attached hydrogens (tertiary/aromatic N) is 2. The number of para-hydroxylation sites is 1. The number of carbonyl (C=O) groups is 2. The van der Waals surface area contributed by atoms with E-state index < -0.39 is 5.92 Å². The van der Waals surface area contributed by atoms with Crippen molar-refractivity contribution < 1.29 is 9.59 Å². The van der Waals surface area contributed by atoms with Gasteiger partial charge in [0.2, 0.25) is 0 Å². The maximum atomic E-state index is 12.6. The van der Waals surface area contributed by atoms with Crippen LogP contribution in [-0.4, -0.2) is 21.3 Å². The van der Waals surface area contributed by atoms with Gasteiger partial charge < -0.3 is 0 Å². The van der Waals surface area contributed by atoms with Crippen molar-refractivity contribution in [2.45, 2.75) is 5.92 Å². The maximum absolute atomic E-state index is 12.6. The summed E-state index contributed by atoms with van der Waals surface area (Å²) < 4.78 is 1.72. The lowest BCUT2D eigenvalue weighted by Gasteiger charge is -2.03. The number of aromatic nitrogens is 2. The molecule has 0 saturated carbocycles. The van der Waals surface area contributed by atoms with E-state index in [0.717, 1.165) is 10.9 Å². The maximum Gasteiger partial charge on any atom is 0.180 e. The van der Waals surface area contributed by atoms with Gasteiger partial charge in [0.25, 0.3) is 0 Å². The van der Waals surface area contributed by atoms with Gasteiger partial charge in [-0.15, -0.1) is 0 Å². The Morgan fingerprint density at radius 2 is 1.48 bits per heavy atom. The Morgan fingerprint density at radius 3 is 2.14 bits per heavy atom. The summed E-state index contributed by atoms with van der Waals surface area (Å²) in [5.41, 5.74) is 2.48. The fourth-order valence-electron chi connectivity index (χ4n) is 3.05. The fraction of sp³-hybridized carbons (Fsp3) is 0.118. The van der Waals surface area contributed by atoms with Crippen LogP contribution >= 0.6 is 0 Å². The highest BCUT2D eigenvalue weighted by Gasteiger charge is 2.41. The summed E-state index contributed by atoms with van der Waals surface area (Å²) in [6.45, 7) is 0. The number of rotatable bonds is 1. The Hall–Kier alpha value is -2.75. The Morgan fingerprint density at radius 1 is 0.905 bits per heavy atom. The highest BCUT2D eigenvalue weighted by molar-refractivity contribution is 6.30. The molecule has 0 unspecified atom stereocenters. The highest BCUT2D eigenvalue weighted by Crippen LogP contribution is 2.36. The quantitative estimate of drug-likeness (QED) is 0.642. The number of Topliss-reactive ketones (excluding diaryl/α,β-unsaturated/α-hetero) is 2. The van der Waals surface area contributed by atoms with E-state index in [1.165, 1.54) is 0 Å². The molecule has 102 valence electrons. The summed E-state index contributed by atoms with van der Waals surface area (Å²) in [6, 6.07) is 14.6. The van der Waals surface area contributed by atoms with Crippen LogP contribution in [0.1, 0.15) is 32.3 Å². The van der Waals surface area contributed by atoms with Gasteiger partial charge >= 0.3 is 0 Å². The van der Waals surface area contributed by atoms with E-state index in [0.29, 0.717) is 16.8 Å². The molecule has 0 fully saturated rings. The molecule has 0 saturated heterocycles. The summed E-state index contributed by atoms with van der Waals surface area (Å²) in [6.07, 6.45) is 0. The van der Waals surface area contributed by atoms with Crippen molar-refractivity contribution in [2.24, 2.45) is 7.05 Å². The van der Waals surface area contributed by atoms with E-state index in [-0.39, 0.29) is 11.6 Å². The SMILES string of the molecule is Cn1nc(C2C(=O)c3ccccc3C2=O)c2ccccc21. The zero-order chi connectivity index (χ0) is 14.6. The molecule has 1 heterocycles. The lowest BCUT2D eigenvalue weighted by molar-refractivity contribution is 0.0888. The second kappa shape index (κ2) is 4.12. The normalized spacial score (nSPS) is 14.9. The first-order valence-electron chi connectivity index (χ1n) is 6.77. The minimum atomic E-state index is -0.812. The molecular weight excluding hydrogens is 264 g/mol. The van der Waals surface area contributed by atoms with Crippen molar-refractivity contribution >= 4 is 22.5 Å². The third-order valence-corrected chi connectivity index (χ3v) is 4.04. The van der Waals surface area contributed by atoms with Crippen LogP contribution in [-0.2, 0) is 7.05 Å². The van der Waals surface area contributed by atoms with Gasteiger partial charge in [0, 0.05) is 23.6 Å². The van der Waals surface area contributed by atoms with Crippen molar-refractivity contribution in [3.05, 3.63) is 65.4 Å². The molecule has 1 aliphatic carbocycles. The summed E-state index contributed by atoms with van der Waals surface area (Å²) in [4.78, 5) is 25.2. The van der Waals surface area contributed by atoms with Gasteiger partial charge in [-0.25, -0.2) is 0 Å². The molecule has 0 amide bonds. The molecule has 4 rings (SSSR count). The van der Waals surface area contributed by atoms with Crippen LogP contribution in [0.5, 0.6) is 0 Å². The molecule has 0 bridgehead atoms. The molecule has 1 aliphatic rings. The first-order chi connectivity index (χ1) is 10.2. The zero-order valence-corrected chi connectivity index (χ0v) is 11.4. The molecule has 0 aliphatic heterocycles. The average molecular weight is 276 g/mol. The summed E-state index contributed by atoms with van der Waals surface area (Å²) in [5, 5.41) is 5.29. The topological polar surface area (TPSA) is 52.0 Å². The lowest BCUT2D eigenvalue weighted by atomic mass is 9.97. The second-order valence-corrected chi connectivity index (χ2v) is 5.23. The van der Waals surface area contributed by atoms with E-state index in [1.54, 1.807) is 28.9 Å². The van der Waals surface area contributed by atoms with Crippen molar-refractivity contribution in [1.29, 1.82) is 0 Å². The van der Waals surface area contributed by atoms with Crippen LogP contribution < -0.4 is 0 Å². The number of carbonyl (C=O) groups excluding carboxylic acids is 2. The molecule has 0 N–H and O–H groups in total. The number of benzene rings is 2. The predicted octanol–water partition coefficient (Wildman–Crippen LogP) is 2.74. The second-order valence-electron chi connectivity index (χ2n) is 5.23. The van der Waals surface area contributed by atoms with Gasteiger partial charge in [-0.3, -0.25) is 14.3 Å². The van der Waals surface area contributed by atoms with Crippen LogP contribution in [0, 0.1) is 0 Å². The van der Waals surface area contributed by atoms with Crippen LogP contribution in [0.2, 0.25) is 0 Å². The van der Waals surface area contributed by atoms with Crippen molar-refractivity contribution in [1.82, 2.24) is 9.78 Å². The zero-order valence-electron chi connectivity index (χ0n) is 11.4. The first kappa shape index (κ1) is 12.0. The molecule has 21 heavy (non-hydrogen) atoms. The van der Waals surface area contributed by atoms with Gasteiger partial charge in [-0.1, -0.05) is 42.5 Å². The van der Waals surface area contributed by atoms with Crippen LogP contribution in [0.25, 0.3) is 10.9 Å². The summed E-state index contributed by atoms with van der Waals surface area (Å²) in [7, 11) is 1.82. The van der Waals surface area contributed by atoms with E-state index in [2.05, 4.69) is 5.10 Å².